The quantitative estimate of drug-likeness (QED) is 0.527. The van der Waals surface area contributed by atoms with E-state index in [0.29, 0.717) is 5.76 Å². The number of furan rings is 1. The molecule has 0 aromatic carbocycles. The summed E-state index contributed by atoms with van der Waals surface area (Å²) >= 11 is 0. The van der Waals surface area contributed by atoms with Crippen molar-refractivity contribution in [2.45, 2.75) is 6.92 Å². The van der Waals surface area contributed by atoms with E-state index >= 15 is 0 Å². The van der Waals surface area contributed by atoms with Crippen LogP contribution in [0.1, 0.15) is 5.76 Å². The van der Waals surface area contributed by atoms with Gasteiger partial charge in [-0.15, -0.1) is 0 Å². The normalized spacial score (nSPS) is 8.50. The summed E-state index contributed by atoms with van der Waals surface area (Å²) in [6.45, 7) is 1.66. The van der Waals surface area contributed by atoms with Crippen LogP contribution in [-0.2, 0) is 32.7 Å². The Morgan fingerprint density at radius 1 is 1.60 bits per heavy atom. The predicted molar refractivity (Wildman–Crippen MR) is 30.1 cm³/mol. The standard InChI is InChI=1S/C5H5NO3.Y/c1-4-2-3-5(9-4)6(7)8;/h2-3H,1H3;. The summed E-state index contributed by atoms with van der Waals surface area (Å²) in [6, 6.07) is 2.88. The van der Waals surface area contributed by atoms with Crippen molar-refractivity contribution in [2.75, 3.05) is 0 Å². The van der Waals surface area contributed by atoms with E-state index in [1.807, 2.05) is 0 Å². The second-order valence-corrected chi connectivity index (χ2v) is 1.64. The van der Waals surface area contributed by atoms with E-state index in [9.17, 15) is 10.1 Å². The van der Waals surface area contributed by atoms with Crippen molar-refractivity contribution in [1.82, 2.24) is 0 Å². The minimum absolute atomic E-state index is 0. The second kappa shape index (κ2) is 3.83. The molecular formula is C5H5NO3Y. The first-order chi connectivity index (χ1) is 4.20. The molecule has 0 fully saturated rings. The van der Waals surface area contributed by atoms with Gasteiger partial charge in [0.1, 0.15) is 10.7 Å². The molecule has 1 rings (SSSR count). The SMILES string of the molecule is Cc1ccc([N+](=O)[O-])o1.[Y]. The molecule has 0 N–H and O–H groups in total. The van der Waals surface area contributed by atoms with Gasteiger partial charge in [0.25, 0.3) is 0 Å². The second-order valence-electron chi connectivity index (χ2n) is 1.64. The van der Waals surface area contributed by atoms with Crippen LogP contribution in [-0.4, -0.2) is 4.92 Å². The monoisotopic (exact) mass is 216 g/mol. The Bertz CT molecular complexity index is 233. The average molecular weight is 216 g/mol. The number of hydrogen-bond donors (Lipinski definition) is 0. The zero-order chi connectivity index (χ0) is 6.85. The van der Waals surface area contributed by atoms with Crippen LogP contribution in [0.15, 0.2) is 16.5 Å². The largest absolute Gasteiger partial charge is 0.433 e. The molecule has 1 radical (unpaired) electrons. The summed E-state index contributed by atoms with van der Waals surface area (Å²) < 4.78 is 4.65. The molecule has 0 atom stereocenters. The Morgan fingerprint density at radius 2 is 2.20 bits per heavy atom. The maximum Gasteiger partial charge on any atom is 0.433 e. The molecule has 0 saturated carbocycles. The molecule has 0 spiro atoms. The van der Waals surface area contributed by atoms with Crippen LogP contribution in [0.3, 0.4) is 0 Å². The van der Waals surface area contributed by atoms with E-state index in [2.05, 4.69) is 4.42 Å². The molecule has 4 nitrogen and oxygen atoms in total. The number of nitro groups is 1. The van der Waals surface area contributed by atoms with Crippen molar-refractivity contribution in [1.29, 1.82) is 0 Å². The molecule has 0 aliphatic carbocycles. The molecule has 0 bridgehead atoms. The number of hydrogen-bond acceptors (Lipinski definition) is 3. The van der Waals surface area contributed by atoms with Crippen LogP contribution in [0, 0.1) is 17.0 Å². The van der Waals surface area contributed by atoms with Gasteiger partial charge in [-0.1, -0.05) is 0 Å². The van der Waals surface area contributed by atoms with E-state index in [1.165, 1.54) is 6.07 Å². The summed E-state index contributed by atoms with van der Waals surface area (Å²) in [4.78, 5) is 9.36. The Balaban J connectivity index is 0.000000810. The topological polar surface area (TPSA) is 56.3 Å². The molecular weight excluding hydrogens is 211 g/mol. The van der Waals surface area contributed by atoms with Gasteiger partial charge in [-0.3, -0.25) is 10.1 Å². The van der Waals surface area contributed by atoms with Gasteiger partial charge < -0.3 is 4.42 Å². The molecule has 0 aliphatic rings. The predicted octanol–water partition coefficient (Wildman–Crippen LogP) is 1.49. The van der Waals surface area contributed by atoms with Gasteiger partial charge >= 0.3 is 5.88 Å². The molecule has 1 aromatic heterocycles. The number of aryl methyl sites for hydroxylation is 1. The zero-order valence-electron chi connectivity index (χ0n) is 5.40. The molecule has 1 heterocycles. The molecule has 1 aromatic rings. The first-order valence-corrected chi connectivity index (χ1v) is 2.41. The molecule has 5 heteroatoms. The first kappa shape index (κ1) is 9.78. The molecule has 0 unspecified atom stereocenters. The summed E-state index contributed by atoms with van der Waals surface area (Å²) in [5, 5.41) is 9.93. The smallest absolute Gasteiger partial charge is 0.406 e. The minimum Gasteiger partial charge on any atom is -0.406 e. The summed E-state index contributed by atoms with van der Waals surface area (Å²) in [5.74, 6) is 0.356. The van der Waals surface area contributed by atoms with Gasteiger partial charge in [-0.2, -0.15) is 0 Å². The van der Waals surface area contributed by atoms with Gasteiger partial charge in [0, 0.05) is 32.7 Å². The van der Waals surface area contributed by atoms with Crippen molar-refractivity contribution in [3.8, 4) is 0 Å². The van der Waals surface area contributed by atoms with E-state index in [4.69, 9.17) is 0 Å². The Morgan fingerprint density at radius 3 is 2.40 bits per heavy atom. The van der Waals surface area contributed by atoms with Gasteiger partial charge in [0.05, 0.1) is 6.07 Å². The summed E-state index contributed by atoms with van der Waals surface area (Å²) in [6.07, 6.45) is 0. The van der Waals surface area contributed by atoms with Gasteiger partial charge in [-0.05, 0) is 13.0 Å². The Labute approximate surface area is 82.6 Å². The third-order valence-corrected chi connectivity index (χ3v) is 0.906. The molecule has 0 saturated heterocycles. The van der Waals surface area contributed by atoms with Crippen molar-refractivity contribution < 1.29 is 42.0 Å². The third-order valence-electron chi connectivity index (χ3n) is 0.906. The van der Waals surface area contributed by atoms with Crippen molar-refractivity contribution >= 4 is 5.88 Å². The van der Waals surface area contributed by atoms with Crippen LogP contribution >= 0.6 is 0 Å². The van der Waals surface area contributed by atoms with Crippen LogP contribution in [0.4, 0.5) is 5.88 Å². The maximum absolute atomic E-state index is 9.93. The summed E-state index contributed by atoms with van der Waals surface area (Å²) in [7, 11) is 0. The van der Waals surface area contributed by atoms with Crippen molar-refractivity contribution in [2.24, 2.45) is 0 Å². The van der Waals surface area contributed by atoms with Crippen molar-refractivity contribution in [3.63, 3.8) is 0 Å². The van der Waals surface area contributed by atoms with Crippen LogP contribution < -0.4 is 0 Å². The fourth-order valence-electron chi connectivity index (χ4n) is 0.520. The summed E-state index contributed by atoms with van der Waals surface area (Å²) in [5.41, 5.74) is 0. The fourth-order valence-corrected chi connectivity index (χ4v) is 0.520. The third kappa shape index (κ3) is 2.19. The van der Waals surface area contributed by atoms with Gasteiger partial charge in [0.15, 0.2) is 0 Å². The van der Waals surface area contributed by atoms with E-state index < -0.39 is 4.92 Å². The van der Waals surface area contributed by atoms with Crippen LogP contribution in [0.5, 0.6) is 0 Å². The number of nitrogens with zero attached hydrogens (tertiary/aromatic N) is 1. The van der Waals surface area contributed by atoms with Gasteiger partial charge in [-0.25, -0.2) is 0 Å². The minimum atomic E-state index is -0.562. The van der Waals surface area contributed by atoms with Crippen molar-refractivity contribution in [3.05, 3.63) is 28.0 Å². The maximum atomic E-state index is 9.93. The Kier molecular flexibility index (Phi) is 3.75. The first-order valence-electron chi connectivity index (χ1n) is 2.41. The number of rotatable bonds is 1. The zero-order valence-corrected chi connectivity index (χ0v) is 8.24. The Hall–Kier alpha value is -0.216. The molecule has 10 heavy (non-hydrogen) atoms. The molecule has 0 aliphatic heterocycles. The van der Waals surface area contributed by atoms with E-state index in [0.717, 1.165) is 0 Å². The van der Waals surface area contributed by atoms with Crippen LogP contribution in [0.2, 0.25) is 0 Å². The van der Waals surface area contributed by atoms with Crippen LogP contribution in [0.25, 0.3) is 0 Å². The fraction of sp³-hybridized carbons (Fsp3) is 0.200. The average Bonchev–Trinajstić information content (AvgIpc) is 2.14. The molecule has 0 amide bonds. The van der Waals surface area contributed by atoms with Gasteiger partial charge in [0.2, 0.25) is 0 Å². The van der Waals surface area contributed by atoms with E-state index in [1.54, 1.807) is 13.0 Å². The molecule has 51 valence electrons. The van der Waals surface area contributed by atoms with E-state index in [-0.39, 0.29) is 38.6 Å².